The van der Waals surface area contributed by atoms with E-state index >= 15 is 0 Å². The van der Waals surface area contributed by atoms with E-state index in [1.807, 2.05) is 18.2 Å². The van der Waals surface area contributed by atoms with Gasteiger partial charge in [0.05, 0.1) is 0 Å². The minimum atomic E-state index is 0.0365. The lowest BCUT2D eigenvalue weighted by Crippen LogP contribution is -1.87. The summed E-state index contributed by atoms with van der Waals surface area (Å²) in [6.45, 7) is 0. The van der Waals surface area contributed by atoms with Gasteiger partial charge in [0.15, 0.2) is 0 Å². The van der Waals surface area contributed by atoms with Crippen LogP contribution in [0.1, 0.15) is 12.8 Å². The van der Waals surface area contributed by atoms with Gasteiger partial charge in [-0.05, 0) is 46.8 Å². The molecule has 1 saturated heterocycles. The molecule has 0 amide bonds. The van der Waals surface area contributed by atoms with Crippen LogP contribution in [-0.2, 0) is 0 Å². The second kappa shape index (κ2) is 4.02. The third kappa shape index (κ3) is 1.57. The second-order valence-electron chi connectivity index (χ2n) is 4.34. The summed E-state index contributed by atoms with van der Waals surface area (Å²) in [5.41, 5.74) is 0. The van der Waals surface area contributed by atoms with Crippen molar-refractivity contribution in [3.05, 3.63) is 36.4 Å². The highest BCUT2D eigenvalue weighted by atomic mass is 32.2. The third-order valence-electron chi connectivity index (χ3n) is 3.32. The Labute approximate surface area is 98.5 Å². The van der Waals surface area contributed by atoms with Crippen molar-refractivity contribution in [2.75, 3.05) is 11.5 Å². The van der Waals surface area contributed by atoms with Crippen molar-refractivity contribution in [1.82, 2.24) is 0 Å². The van der Waals surface area contributed by atoms with Crippen LogP contribution >= 0.6 is 10.9 Å². The first-order chi connectivity index (χ1) is 7.86. The molecule has 2 aromatic carbocycles. The highest BCUT2D eigenvalue weighted by Crippen LogP contribution is 2.46. The Morgan fingerprint density at radius 1 is 0.875 bits per heavy atom. The van der Waals surface area contributed by atoms with Gasteiger partial charge in [-0.3, -0.25) is 0 Å². The van der Waals surface area contributed by atoms with E-state index < -0.39 is 0 Å². The molecular formula is C14H16OS. The topological polar surface area (TPSA) is 20.2 Å². The van der Waals surface area contributed by atoms with Crippen LogP contribution < -0.4 is 0 Å². The lowest BCUT2D eigenvalue weighted by molar-refractivity contribution is 0.481. The number of aromatic hydroxyl groups is 1. The SMILES string of the molecule is Oc1ccc([SH]2CCCC2)c2ccccc12. The number of hydrogen-bond donors (Lipinski definition) is 2. The molecule has 1 N–H and O–H groups in total. The van der Waals surface area contributed by atoms with Crippen molar-refractivity contribution in [3.63, 3.8) is 0 Å². The van der Waals surface area contributed by atoms with Crippen molar-refractivity contribution in [3.8, 4) is 5.75 Å². The molecule has 0 aromatic heterocycles. The van der Waals surface area contributed by atoms with Gasteiger partial charge in [0.2, 0.25) is 0 Å². The molecule has 3 rings (SSSR count). The monoisotopic (exact) mass is 232 g/mol. The van der Waals surface area contributed by atoms with E-state index in [2.05, 4.69) is 18.2 Å². The van der Waals surface area contributed by atoms with Crippen molar-refractivity contribution in [2.24, 2.45) is 0 Å². The van der Waals surface area contributed by atoms with Gasteiger partial charge in [-0.1, -0.05) is 24.3 Å². The second-order valence-corrected chi connectivity index (χ2v) is 6.80. The molecule has 0 saturated carbocycles. The highest BCUT2D eigenvalue weighted by molar-refractivity contribution is 8.17. The van der Waals surface area contributed by atoms with Crippen molar-refractivity contribution in [1.29, 1.82) is 0 Å². The largest absolute Gasteiger partial charge is 0.507 e. The predicted molar refractivity (Wildman–Crippen MR) is 71.8 cm³/mol. The molecule has 0 radical (unpaired) electrons. The smallest absolute Gasteiger partial charge is 0.123 e. The fraction of sp³-hybridized carbons (Fsp3) is 0.286. The molecule has 2 aromatic rings. The maximum atomic E-state index is 9.85. The maximum absolute atomic E-state index is 9.85. The number of hydrogen-bond acceptors (Lipinski definition) is 1. The normalized spacial score (nSPS) is 18.1. The Hall–Kier alpha value is -1.15. The van der Waals surface area contributed by atoms with E-state index in [1.165, 1.54) is 34.6 Å². The predicted octanol–water partition coefficient (Wildman–Crippen LogP) is 3.70. The summed E-state index contributed by atoms with van der Waals surface area (Å²) in [6.07, 6.45) is 2.75. The fourth-order valence-corrected chi connectivity index (χ4v) is 5.24. The molecule has 84 valence electrons. The van der Waals surface area contributed by atoms with Gasteiger partial charge in [0.25, 0.3) is 0 Å². The Balaban J connectivity index is 2.21. The Bertz CT molecular complexity index is 515. The van der Waals surface area contributed by atoms with Gasteiger partial charge in [0, 0.05) is 5.39 Å². The van der Waals surface area contributed by atoms with Gasteiger partial charge >= 0.3 is 0 Å². The average molecular weight is 232 g/mol. The van der Waals surface area contributed by atoms with Crippen molar-refractivity contribution in [2.45, 2.75) is 17.7 Å². The lowest BCUT2D eigenvalue weighted by atomic mass is 10.1. The van der Waals surface area contributed by atoms with Crippen molar-refractivity contribution >= 4 is 21.7 Å². The van der Waals surface area contributed by atoms with E-state index in [0.29, 0.717) is 5.75 Å². The number of fused-ring (bicyclic) bond motifs is 1. The van der Waals surface area contributed by atoms with Crippen LogP contribution in [-0.4, -0.2) is 16.6 Å². The summed E-state index contributed by atoms with van der Waals surface area (Å²) in [5.74, 6) is 3.14. The van der Waals surface area contributed by atoms with Gasteiger partial charge in [0.1, 0.15) is 5.75 Å². The van der Waals surface area contributed by atoms with Crippen LogP contribution in [0.15, 0.2) is 41.3 Å². The van der Waals surface area contributed by atoms with Crippen LogP contribution in [0.2, 0.25) is 0 Å². The minimum Gasteiger partial charge on any atom is -0.507 e. The van der Waals surface area contributed by atoms with Gasteiger partial charge < -0.3 is 5.11 Å². The molecule has 0 unspecified atom stereocenters. The molecule has 1 nitrogen and oxygen atoms in total. The molecular weight excluding hydrogens is 216 g/mol. The lowest BCUT2D eigenvalue weighted by Gasteiger charge is -2.17. The Morgan fingerprint density at radius 3 is 2.31 bits per heavy atom. The van der Waals surface area contributed by atoms with Gasteiger partial charge in [-0.2, -0.15) is 0 Å². The van der Waals surface area contributed by atoms with Crippen LogP contribution in [0.25, 0.3) is 10.8 Å². The number of phenols is 1. The molecule has 0 aliphatic carbocycles. The molecule has 1 fully saturated rings. The zero-order valence-corrected chi connectivity index (χ0v) is 10.1. The van der Waals surface area contributed by atoms with Gasteiger partial charge in [-0.25, -0.2) is 10.9 Å². The summed E-state index contributed by atoms with van der Waals surface area (Å²) in [6, 6.07) is 12.2. The minimum absolute atomic E-state index is 0.0365. The van der Waals surface area contributed by atoms with Crippen LogP contribution in [0, 0.1) is 0 Å². The summed E-state index contributed by atoms with van der Waals surface area (Å²) in [5, 5.41) is 12.1. The molecule has 0 atom stereocenters. The van der Waals surface area contributed by atoms with Crippen LogP contribution in [0.3, 0.4) is 0 Å². The molecule has 1 aliphatic heterocycles. The molecule has 1 heterocycles. The molecule has 16 heavy (non-hydrogen) atoms. The van der Waals surface area contributed by atoms with Crippen LogP contribution in [0.4, 0.5) is 0 Å². The zero-order valence-electron chi connectivity index (χ0n) is 9.19. The number of phenolic OH excluding ortho intramolecular Hbond substituents is 1. The van der Waals surface area contributed by atoms with Gasteiger partial charge in [-0.15, -0.1) is 0 Å². The van der Waals surface area contributed by atoms with Crippen LogP contribution in [0.5, 0.6) is 5.75 Å². The standard InChI is InChI=1S/C14H16OS/c15-13-7-8-14(16-9-3-4-10-16)12-6-2-1-5-11(12)13/h1-2,5-8,15-16H,3-4,9-10H2. The summed E-state index contributed by atoms with van der Waals surface area (Å²) in [7, 11) is 0.0365. The summed E-state index contributed by atoms with van der Waals surface area (Å²) >= 11 is 0. The molecule has 0 bridgehead atoms. The number of thiol groups is 1. The third-order valence-corrected chi connectivity index (χ3v) is 6.11. The first-order valence-corrected chi connectivity index (χ1v) is 7.53. The van der Waals surface area contributed by atoms with E-state index in [9.17, 15) is 5.11 Å². The highest BCUT2D eigenvalue weighted by Gasteiger charge is 2.16. The fourth-order valence-electron chi connectivity index (χ4n) is 2.50. The number of rotatable bonds is 1. The first kappa shape index (κ1) is 10.0. The molecule has 2 heteroatoms. The first-order valence-electron chi connectivity index (χ1n) is 5.82. The van der Waals surface area contributed by atoms with Crippen molar-refractivity contribution < 1.29 is 5.11 Å². The van der Waals surface area contributed by atoms with E-state index in [-0.39, 0.29) is 10.9 Å². The van der Waals surface area contributed by atoms with E-state index in [4.69, 9.17) is 0 Å². The van der Waals surface area contributed by atoms with E-state index in [0.717, 1.165) is 5.39 Å². The number of benzene rings is 2. The Morgan fingerprint density at radius 2 is 1.56 bits per heavy atom. The Kier molecular flexibility index (Phi) is 2.52. The maximum Gasteiger partial charge on any atom is 0.123 e. The summed E-state index contributed by atoms with van der Waals surface area (Å²) in [4.78, 5) is 1.49. The summed E-state index contributed by atoms with van der Waals surface area (Å²) < 4.78 is 0. The quantitative estimate of drug-likeness (QED) is 0.718. The molecule has 0 spiro atoms. The molecule has 1 aliphatic rings. The van der Waals surface area contributed by atoms with E-state index in [1.54, 1.807) is 0 Å². The average Bonchev–Trinajstić information content (AvgIpc) is 2.83. The zero-order chi connectivity index (χ0) is 11.0.